The highest BCUT2D eigenvalue weighted by Crippen LogP contribution is 2.27. The molecule has 2 aromatic heterocycles. The molecule has 0 saturated carbocycles. The van der Waals surface area contributed by atoms with Crippen LogP contribution in [0.3, 0.4) is 0 Å². The Labute approximate surface area is 182 Å². The maximum absolute atomic E-state index is 4.71. The van der Waals surface area contributed by atoms with E-state index in [0.717, 1.165) is 54.5 Å². The van der Waals surface area contributed by atoms with Crippen LogP contribution in [0.2, 0.25) is 0 Å². The zero-order valence-corrected chi connectivity index (χ0v) is 18.3. The van der Waals surface area contributed by atoms with Crippen LogP contribution in [0, 0.1) is 13.8 Å². The quantitative estimate of drug-likeness (QED) is 0.620. The highest BCUT2D eigenvalue weighted by molar-refractivity contribution is 5.71. The van der Waals surface area contributed by atoms with Crippen LogP contribution in [-0.4, -0.2) is 64.2 Å². The Hall–Kier alpha value is -3.52. The van der Waals surface area contributed by atoms with Crippen molar-refractivity contribution in [1.29, 1.82) is 0 Å². The van der Waals surface area contributed by atoms with Gasteiger partial charge in [-0.25, -0.2) is 9.97 Å². The third kappa shape index (κ3) is 4.64. The van der Waals surface area contributed by atoms with Gasteiger partial charge in [-0.2, -0.15) is 15.0 Å². The molecule has 1 saturated heterocycles. The average Bonchev–Trinajstić information content (AvgIpc) is 3.06. The molecule has 3 aromatic rings. The van der Waals surface area contributed by atoms with Crippen LogP contribution in [0.1, 0.15) is 11.4 Å². The molecule has 0 unspecified atom stereocenters. The van der Waals surface area contributed by atoms with E-state index >= 15 is 0 Å². The molecule has 0 atom stereocenters. The van der Waals surface area contributed by atoms with Gasteiger partial charge in [-0.3, -0.25) is 0 Å². The number of hydrogen-bond acceptors (Lipinski definition) is 7. The number of nitrogens with zero attached hydrogens (tertiary/aromatic N) is 7. The Balaban J connectivity index is 1.51. The van der Waals surface area contributed by atoms with E-state index in [4.69, 9.17) is 4.98 Å². The lowest BCUT2D eigenvalue weighted by Crippen LogP contribution is -2.44. The molecule has 8 nitrogen and oxygen atoms in total. The van der Waals surface area contributed by atoms with Gasteiger partial charge >= 0.3 is 0 Å². The first-order valence-electron chi connectivity index (χ1n) is 10.4. The SMILES string of the molecule is C=C/C=N\n1nc(C)c(-c2ccnc(Nc3ccc(N4CCN(C)CC4)cc3)n2)c1C. The van der Waals surface area contributed by atoms with Crippen molar-refractivity contribution >= 4 is 23.5 Å². The van der Waals surface area contributed by atoms with Crippen LogP contribution in [0.15, 0.2) is 54.3 Å². The smallest absolute Gasteiger partial charge is 0.227 e. The Bertz CT molecular complexity index is 1080. The van der Waals surface area contributed by atoms with Crippen molar-refractivity contribution < 1.29 is 0 Å². The van der Waals surface area contributed by atoms with E-state index in [1.165, 1.54) is 5.69 Å². The number of benzene rings is 1. The normalized spacial score (nSPS) is 14.9. The van der Waals surface area contributed by atoms with E-state index in [1.807, 2.05) is 19.9 Å². The summed E-state index contributed by atoms with van der Waals surface area (Å²) in [7, 11) is 2.17. The van der Waals surface area contributed by atoms with Crippen LogP contribution in [0.25, 0.3) is 11.3 Å². The van der Waals surface area contributed by atoms with Crippen molar-refractivity contribution in [2.24, 2.45) is 5.10 Å². The van der Waals surface area contributed by atoms with Gasteiger partial charge in [-0.15, -0.1) is 0 Å². The topological polar surface area (TPSA) is 74.5 Å². The summed E-state index contributed by atoms with van der Waals surface area (Å²) < 4.78 is 0. The minimum absolute atomic E-state index is 0.547. The maximum Gasteiger partial charge on any atom is 0.227 e. The van der Waals surface area contributed by atoms with Gasteiger partial charge in [0.25, 0.3) is 0 Å². The monoisotopic (exact) mass is 416 g/mol. The fraction of sp³-hybridized carbons (Fsp3) is 0.304. The van der Waals surface area contributed by atoms with E-state index in [9.17, 15) is 0 Å². The molecular formula is C23H28N8. The van der Waals surface area contributed by atoms with Gasteiger partial charge in [0.2, 0.25) is 5.95 Å². The summed E-state index contributed by atoms with van der Waals surface area (Å²) in [6.45, 7) is 11.9. The molecule has 0 aliphatic carbocycles. The lowest BCUT2D eigenvalue weighted by atomic mass is 10.1. The average molecular weight is 417 g/mol. The standard InChI is InChI=1S/C23H28N8/c1-5-11-25-31-18(3)22(17(2)28-31)21-10-12-24-23(27-21)26-19-6-8-20(9-7-19)30-15-13-29(4)14-16-30/h5-12H,1,13-16H2,2-4H3,(H,24,26,27)/b25-11-. The molecular weight excluding hydrogens is 388 g/mol. The number of allylic oxidation sites excluding steroid dienone is 1. The molecule has 1 N–H and O–H groups in total. The molecule has 8 heteroatoms. The molecule has 160 valence electrons. The first-order chi connectivity index (χ1) is 15.0. The van der Waals surface area contributed by atoms with Crippen LogP contribution in [0.5, 0.6) is 0 Å². The van der Waals surface area contributed by atoms with Gasteiger partial charge < -0.3 is 15.1 Å². The highest BCUT2D eigenvalue weighted by Gasteiger charge is 2.16. The molecule has 4 rings (SSSR count). The lowest BCUT2D eigenvalue weighted by Gasteiger charge is -2.34. The summed E-state index contributed by atoms with van der Waals surface area (Å²) in [5.74, 6) is 0.547. The summed E-state index contributed by atoms with van der Waals surface area (Å²) >= 11 is 0. The fourth-order valence-electron chi connectivity index (χ4n) is 3.73. The third-order valence-corrected chi connectivity index (χ3v) is 5.45. The lowest BCUT2D eigenvalue weighted by molar-refractivity contribution is 0.313. The van der Waals surface area contributed by atoms with Crippen LogP contribution in [-0.2, 0) is 0 Å². The predicted molar refractivity (Wildman–Crippen MR) is 126 cm³/mol. The largest absolute Gasteiger partial charge is 0.369 e. The number of aromatic nitrogens is 4. The van der Waals surface area contributed by atoms with Crippen molar-refractivity contribution in [2.75, 3.05) is 43.4 Å². The van der Waals surface area contributed by atoms with E-state index in [-0.39, 0.29) is 0 Å². The highest BCUT2D eigenvalue weighted by atomic mass is 15.5. The third-order valence-electron chi connectivity index (χ3n) is 5.45. The van der Waals surface area contributed by atoms with Crippen molar-refractivity contribution in [3.8, 4) is 11.3 Å². The number of piperazine rings is 1. The molecule has 0 amide bonds. The molecule has 3 heterocycles. The minimum Gasteiger partial charge on any atom is -0.369 e. The summed E-state index contributed by atoms with van der Waals surface area (Å²) in [5.41, 5.74) is 5.73. The molecule has 1 aromatic carbocycles. The zero-order chi connectivity index (χ0) is 21.8. The Morgan fingerprint density at radius 1 is 1.06 bits per heavy atom. The number of likely N-dealkylation sites (N-methyl/N-ethyl adjacent to an activating group) is 1. The number of hydrogen-bond donors (Lipinski definition) is 1. The van der Waals surface area contributed by atoms with Gasteiger partial charge in [0.15, 0.2) is 0 Å². The van der Waals surface area contributed by atoms with Crippen molar-refractivity contribution in [3.63, 3.8) is 0 Å². The first kappa shape index (κ1) is 20.7. The summed E-state index contributed by atoms with van der Waals surface area (Å²) in [6, 6.07) is 10.3. The molecule has 31 heavy (non-hydrogen) atoms. The van der Waals surface area contributed by atoms with Crippen LogP contribution in [0.4, 0.5) is 17.3 Å². The molecule has 0 spiro atoms. The van der Waals surface area contributed by atoms with E-state index in [2.05, 4.69) is 68.2 Å². The van der Waals surface area contributed by atoms with E-state index < -0.39 is 0 Å². The molecule has 1 fully saturated rings. The summed E-state index contributed by atoms with van der Waals surface area (Å²) in [6.07, 6.45) is 4.99. The number of anilines is 3. The predicted octanol–water partition coefficient (Wildman–Crippen LogP) is 3.47. The minimum atomic E-state index is 0.547. The molecule has 1 aliphatic heterocycles. The van der Waals surface area contributed by atoms with Gasteiger partial charge in [-0.05, 0) is 57.3 Å². The Morgan fingerprint density at radius 3 is 2.52 bits per heavy atom. The maximum atomic E-state index is 4.71. The first-order valence-corrected chi connectivity index (χ1v) is 10.4. The summed E-state index contributed by atoms with van der Waals surface area (Å²) in [4.78, 5) is 15.5. The summed E-state index contributed by atoms with van der Waals surface area (Å²) in [5, 5.41) is 12.1. The molecule has 1 aliphatic rings. The van der Waals surface area contributed by atoms with Crippen LogP contribution >= 0.6 is 0 Å². The second kappa shape index (κ2) is 9.09. The van der Waals surface area contributed by atoms with Crippen molar-refractivity contribution in [2.45, 2.75) is 13.8 Å². The fourth-order valence-corrected chi connectivity index (χ4v) is 3.73. The Morgan fingerprint density at radius 2 is 1.81 bits per heavy atom. The van der Waals surface area contributed by atoms with Gasteiger partial charge in [0, 0.05) is 55.5 Å². The molecule has 0 radical (unpaired) electrons. The number of nitrogens with one attached hydrogen (secondary N) is 1. The Kier molecular flexibility index (Phi) is 6.08. The zero-order valence-electron chi connectivity index (χ0n) is 18.3. The second-order valence-electron chi connectivity index (χ2n) is 7.66. The van der Waals surface area contributed by atoms with Gasteiger partial charge in [0.05, 0.1) is 17.1 Å². The van der Waals surface area contributed by atoms with Crippen molar-refractivity contribution in [1.82, 2.24) is 24.8 Å². The molecule has 0 bridgehead atoms. The van der Waals surface area contributed by atoms with E-state index in [0.29, 0.717) is 5.95 Å². The van der Waals surface area contributed by atoms with Crippen molar-refractivity contribution in [3.05, 3.63) is 60.6 Å². The number of rotatable bonds is 6. The van der Waals surface area contributed by atoms with Gasteiger partial charge in [0.1, 0.15) is 0 Å². The second-order valence-corrected chi connectivity index (χ2v) is 7.66. The van der Waals surface area contributed by atoms with Crippen LogP contribution < -0.4 is 10.2 Å². The van der Waals surface area contributed by atoms with E-state index in [1.54, 1.807) is 23.3 Å². The van der Waals surface area contributed by atoms with Gasteiger partial charge in [-0.1, -0.05) is 6.58 Å². The number of aryl methyl sites for hydroxylation is 1.